The topological polar surface area (TPSA) is 43.1 Å². The molecule has 4 nitrogen and oxygen atoms in total. The third kappa shape index (κ3) is 4.09. The Morgan fingerprint density at radius 1 is 1.17 bits per heavy atom. The molecule has 0 saturated carbocycles. The molecular weight excluding hydrogens is 224 g/mol. The van der Waals surface area contributed by atoms with Crippen molar-refractivity contribution in [1.82, 2.24) is 19.6 Å². The van der Waals surface area contributed by atoms with Crippen molar-refractivity contribution in [1.29, 1.82) is 0 Å². The Bertz CT molecular complexity index is 448. The van der Waals surface area contributed by atoms with Crippen LogP contribution in [0.5, 0.6) is 0 Å². The van der Waals surface area contributed by atoms with Gasteiger partial charge in [0.15, 0.2) is 0 Å². The summed E-state index contributed by atoms with van der Waals surface area (Å²) in [6.07, 6.45) is 3.01. The predicted molar refractivity (Wildman–Crippen MR) is 76.9 cm³/mol. The van der Waals surface area contributed by atoms with E-state index >= 15 is 0 Å². The number of aryl methyl sites for hydroxylation is 1. The van der Waals surface area contributed by atoms with Crippen molar-refractivity contribution in [2.45, 2.75) is 60.8 Å². The molecule has 0 fully saturated rings. The smallest absolute Gasteiger partial charge is 0.216 e. The van der Waals surface area contributed by atoms with Gasteiger partial charge < -0.3 is 0 Å². The minimum absolute atomic E-state index is 0.483. The van der Waals surface area contributed by atoms with E-state index in [1.165, 1.54) is 0 Å². The first-order valence-electron chi connectivity index (χ1n) is 6.90. The molecule has 18 heavy (non-hydrogen) atoms. The maximum atomic E-state index is 4.46. The van der Waals surface area contributed by atoms with E-state index in [0.717, 1.165) is 17.9 Å². The van der Waals surface area contributed by atoms with Gasteiger partial charge in [0.25, 0.3) is 5.78 Å². The second kappa shape index (κ2) is 8.61. The molecule has 0 aliphatic carbocycles. The zero-order valence-electron chi connectivity index (χ0n) is 12.7. The van der Waals surface area contributed by atoms with Crippen LogP contribution in [0.3, 0.4) is 0 Å². The van der Waals surface area contributed by atoms with E-state index in [1.807, 2.05) is 46.9 Å². The van der Waals surface area contributed by atoms with Crippen molar-refractivity contribution in [3.05, 3.63) is 23.8 Å². The third-order valence-electron chi connectivity index (χ3n) is 2.45. The Hall–Kier alpha value is -1.45. The predicted octanol–water partition coefficient (Wildman–Crippen LogP) is 4.00. The van der Waals surface area contributed by atoms with Crippen LogP contribution >= 0.6 is 0 Å². The van der Waals surface area contributed by atoms with Gasteiger partial charge in [0.1, 0.15) is 5.82 Å². The second-order valence-electron chi connectivity index (χ2n) is 3.57. The van der Waals surface area contributed by atoms with Crippen LogP contribution in [0, 0.1) is 6.92 Å². The Balaban J connectivity index is 0.000000659. The van der Waals surface area contributed by atoms with Crippen LogP contribution in [0.1, 0.15) is 65.4 Å². The summed E-state index contributed by atoms with van der Waals surface area (Å²) in [5.74, 6) is 1.94. The first-order chi connectivity index (χ1) is 8.70. The fourth-order valence-electron chi connectivity index (χ4n) is 1.38. The van der Waals surface area contributed by atoms with Crippen LogP contribution in [-0.2, 0) is 0 Å². The van der Waals surface area contributed by atoms with Gasteiger partial charge in [-0.05, 0) is 25.3 Å². The van der Waals surface area contributed by atoms with Crippen LogP contribution in [-0.4, -0.2) is 19.6 Å². The Labute approximate surface area is 110 Å². The lowest BCUT2D eigenvalue weighted by atomic mass is 10.1. The van der Waals surface area contributed by atoms with Gasteiger partial charge >= 0.3 is 0 Å². The van der Waals surface area contributed by atoms with E-state index < -0.39 is 0 Å². The summed E-state index contributed by atoms with van der Waals surface area (Å²) >= 11 is 0. The van der Waals surface area contributed by atoms with Gasteiger partial charge in [0.05, 0.1) is 0 Å². The first kappa shape index (κ1) is 16.6. The summed E-state index contributed by atoms with van der Waals surface area (Å²) < 4.78 is 1.71. The molecule has 2 rings (SSSR count). The average Bonchev–Trinajstić information content (AvgIpc) is 2.81. The summed E-state index contributed by atoms with van der Waals surface area (Å²) in [7, 11) is 0. The van der Waals surface area contributed by atoms with E-state index in [4.69, 9.17) is 0 Å². The lowest BCUT2D eigenvalue weighted by molar-refractivity contribution is 0.704. The van der Waals surface area contributed by atoms with Crippen molar-refractivity contribution in [2.75, 3.05) is 0 Å². The Morgan fingerprint density at radius 2 is 1.78 bits per heavy atom. The molecule has 1 atom stereocenters. The lowest BCUT2D eigenvalue weighted by Crippen LogP contribution is -1.99. The molecule has 102 valence electrons. The summed E-state index contributed by atoms with van der Waals surface area (Å²) in [4.78, 5) is 8.69. The number of fused-ring (bicyclic) bond motifs is 1. The molecule has 0 aliphatic heterocycles. The molecule has 0 amide bonds. The maximum Gasteiger partial charge on any atom is 0.252 e. The van der Waals surface area contributed by atoms with Crippen LogP contribution in [0.15, 0.2) is 12.3 Å². The van der Waals surface area contributed by atoms with Gasteiger partial charge in [-0.1, -0.05) is 41.5 Å². The highest BCUT2D eigenvalue weighted by molar-refractivity contribution is 5.28. The van der Waals surface area contributed by atoms with Crippen LogP contribution in [0.25, 0.3) is 5.78 Å². The molecule has 0 bridgehead atoms. The molecule has 0 aromatic carbocycles. The zero-order chi connectivity index (χ0) is 14.1. The molecule has 2 aromatic heterocycles. The fraction of sp³-hybridized carbons (Fsp3) is 0.643. The van der Waals surface area contributed by atoms with Crippen LogP contribution in [0.4, 0.5) is 0 Å². The van der Waals surface area contributed by atoms with E-state index in [0.29, 0.717) is 11.7 Å². The second-order valence-corrected chi connectivity index (χ2v) is 3.57. The number of hydrogen-bond acceptors (Lipinski definition) is 3. The molecule has 0 spiro atoms. The zero-order valence-corrected chi connectivity index (χ0v) is 12.7. The highest BCUT2D eigenvalue weighted by atomic mass is 15.3. The van der Waals surface area contributed by atoms with Crippen LogP contribution < -0.4 is 0 Å². The molecule has 1 unspecified atom stereocenters. The van der Waals surface area contributed by atoms with Crippen molar-refractivity contribution < 1.29 is 0 Å². The number of aromatic nitrogens is 4. The summed E-state index contributed by atoms with van der Waals surface area (Å²) in [5, 5.41) is 4.18. The number of rotatable bonds is 2. The normalized spacial score (nSPS) is 11.1. The van der Waals surface area contributed by atoms with Gasteiger partial charge in [-0.25, -0.2) is 9.50 Å². The fourth-order valence-corrected chi connectivity index (χ4v) is 1.38. The minimum atomic E-state index is 0.483. The molecule has 0 saturated heterocycles. The molecule has 0 radical (unpaired) electrons. The van der Waals surface area contributed by atoms with Crippen molar-refractivity contribution in [2.24, 2.45) is 0 Å². The summed E-state index contributed by atoms with van der Waals surface area (Å²) in [6, 6.07) is 2.01. The molecule has 2 aromatic rings. The largest absolute Gasteiger partial charge is 0.252 e. The molecular formula is C14H26N4. The number of nitrogens with zero attached hydrogens (tertiary/aromatic N) is 4. The highest BCUT2D eigenvalue weighted by Crippen LogP contribution is 2.15. The van der Waals surface area contributed by atoms with E-state index in [9.17, 15) is 0 Å². The summed E-state index contributed by atoms with van der Waals surface area (Å²) in [6.45, 7) is 14.2. The molecule has 4 heteroatoms. The molecule has 2 heterocycles. The standard InChI is InChI=1S/C10H14N4.2C2H6/c1-4-7(2)9-5-6-14-10(12-9)11-8(3)13-14;2*1-2/h5-7H,4H2,1-3H3;2*1-2H3. The van der Waals surface area contributed by atoms with Gasteiger partial charge in [-0.2, -0.15) is 10.1 Å². The molecule has 0 aliphatic rings. The van der Waals surface area contributed by atoms with Crippen molar-refractivity contribution in [3.63, 3.8) is 0 Å². The minimum Gasteiger partial charge on any atom is -0.216 e. The number of hydrogen-bond donors (Lipinski definition) is 0. The third-order valence-corrected chi connectivity index (χ3v) is 2.45. The van der Waals surface area contributed by atoms with Crippen molar-refractivity contribution >= 4 is 5.78 Å². The van der Waals surface area contributed by atoms with Crippen molar-refractivity contribution in [3.8, 4) is 0 Å². The SMILES string of the molecule is CC.CC.CCC(C)c1ccn2nc(C)nc2n1. The Kier molecular flexibility index (Phi) is 7.92. The van der Waals surface area contributed by atoms with Gasteiger partial charge in [0, 0.05) is 11.9 Å². The van der Waals surface area contributed by atoms with E-state index in [1.54, 1.807) is 4.52 Å². The lowest BCUT2D eigenvalue weighted by Gasteiger charge is -2.06. The molecule has 0 N–H and O–H groups in total. The maximum absolute atomic E-state index is 4.46. The average molecular weight is 250 g/mol. The highest BCUT2D eigenvalue weighted by Gasteiger charge is 2.07. The quantitative estimate of drug-likeness (QED) is 0.809. The monoisotopic (exact) mass is 250 g/mol. The van der Waals surface area contributed by atoms with Gasteiger partial charge in [-0.3, -0.25) is 0 Å². The summed E-state index contributed by atoms with van der Waals surface area (Å²) in [5.41, 5.74) is 1.09. The van der Waals surface area contributed by atoms with E-state index in [2.05, 4.69) is 28.9 Å². The van der Waals surface area contributed by atoms with Gasteiger partial charge in [0.2, 0.25) is 0 Å². The first-order valence-corrected chi connectivity index (χ1v) is 6.90. The van der Waals surface area contributed by atoms with Crippen LogP contribution in [0.2, 0.25) is 0 Å². The van der Waals surface area contributed by atoms with Gasteiger partial charge in [-0.15, -0.1) is 0 Å². The Morgan fingerprint density at radius 3 is 2.33 bits per heavy atom. The van der Waals surface area contributed by atoms with E-state index in [-0.39, 0.29) is 0 Å².